The highest BCUT2D eigenvalue weighted by molar-refractivity contribution is 4.69. The van der Waals surface area contributed by atoms with Gasteiger partial charge < -0.3 is 28.5 Å². The lowest BCUT2D eigenvalue weighted by Gasteiger charge is -2.26. The van der Waals surface area contributed by atoms with Crippen molar-refractivity contribution in [2.45, 2.75) is 0 Å². The zero-order valence-electron chi connectivity index (χ0n) is 6.81. The predicted molar refractivity (Wildman–Crippen MR) is 42.2 cm³/mol. The predicted octanol–water partition coefficient (Wildman–Crippen LogP) is -1.56. The summed E-state index contributed by atoms with van der Waals surface area (Å²) in [5.74, 6) is 0. The van der Waals surface area contributed by atoms with Gasteiger partial charge in [-0.1, -0.05) is 13.2 Å². The molecule has 0 saturated carbocycles. The van der Waals surface area contributed by atoms with E-state index in [9.17, 15) is 0 Å². The molecule has 0 N–H and O–H groups in total. The molecule has 0 unspecified atom stereocenters. The molecule has 0 amide bonds. The first kappa shape index (κ1) is 12.8. The molecule has 1 nitrogen and oxygen atoms in total. The maximum Gasteiger partial charge on any atom is 0.0969 e. The Morgan fingerprint density at radius 3 is 1.60 bits per heavy atom. The van der Waals surface area contributed by atoms with Crippen molar-refractivity contribution in [2.24, 2.45) is 0 Å². The minimum absolute atomic E-state index is 0. The highest BCUT2D eigenvalue weighted by atomic mass is 127. The van der Waals surface area contributed by atoms with Crippen LogP contribution in [0.2, 0.25) is 0 Å². The van der Waals surface area contributed by atoms with Crippen LogP contribution in [0.1, 0.15) is 0 Å². The van der Waals surface area contributed by atoms with Crippen LogP contribution in [0.25, 0.3) is 0 Å². The van der Waals surface area contributed by atoms with Gasteiger partial charge in [0, 0.05) is 0 Å². The summed E-state index contributed by atoms with van der Waals surface area (Å²) in [4.78, 5) is 0. The Morgan fingerprint density at radius 2 is 1.40 bits per heavy atom. The van der Waals surface area contributed by atoms with E-state index < -0.39 is 0 Å². The molecule has 0 fully saturated rings. The van der Waals surface area contributed by atoms with E-state index in [1.54, 1.807) is 0 Å². The number of rotatable bonds is 4. The lowest BCUT2D eigenvalue weighted by molar-refractivity contribution is -0.878. The summed E-state index contributed by atoms with van der Waals surface area (Å²) in [6.07, 6.45) is 3.87. The van der Waals surface area contributed by atoms with E-state index in [1.165, 1.54) is 0 Å². The number of hydrogen-bond donors (Lipinski definition) is 0. The smallest absolute Gasteiger partial charge is 0.0969 e. The van der Waals surface area contributed by atoms with Crippen LogP contribution in [0.3, 0.4) is 0 Å². The van der Waals surface area contributed by atoms with Gasteiger partial charge in [-0.3, -0.25) is 0 Å². The zero-order valence-corrected chi connectivity index (χ0v) is 8.97. The third kappa shape index (κ3) is 6.29. The van der Waals surface area contributed by atoms with Gasteiger partial charge in [0.05, 0.1) is 27.2 Å². The quantitative estimate of drug-likeness (QED) is 0.323. The van der Waals surface area contributed by atoms with Crippen LogP contribution >= 0.6 is 0 Å². The number of hydrogen-bond acceptors (Lipinski definition) is 0. The average molecular weight is 253 g/mol. The zero-order chi connectivity index (χ0) is 7.33. The van der Waals surface area contributed by atoms with Gasteiger partial charge in [0.15, 0.2) is 0 Å². The van der Waals surface area contributed by atoms with Crippen molar-refractivity contribution in [3.8, 4) is 0 Å². The van der Waals surface area contributed by atoms with Crippen LogP contribution in [0.15, 0.2) is 25.3 Å². The van der Waals surface area contributed by atoms with E-state index in [0.29, 0.717) is 0 Å². The molecule has 0 aromatic heterocycles. The highest BCUT2D eigenvalue weighted by Crippen LogP contribution is 1.95. The lowest BCUT2D eigenvalue weighted by Crippen LogP contribution is -3.00. The fraction of sp³-hybridized carbons (Fsp3) is 0.500. The SMILES string of the molecule is C=CC[N+](C)(C)CC=C.[I-]. The Hall–Kier alpha value is 0.170. The van der Waals surface area contributed by atoms with Crippen LogP contribution in [-0.4, -0.2) is 31.7 Å². The summed E-state index contributed by atoms with van der Waals surface area (Å²) in [5.41, 5.74) is 0. The normalized spacial score (nSPS) is 9.80. The van der Waals surface area contributed by atoms with Gasteiger partial charge >= 0.3 is 0 Å². The first-order chi connectivity index (χ1) is 4.12. The second-order valence-electron chi connectivity index (χ2n) is 2.88. The molecule has 2 heteroatoms. The monoisotopic (exact) mass is 253 g/mol. The van der Waals surface area contributed by atoms with Crippen molar-refractivity contribution in [3.63, 3.8) is 0 Å². The van der Waals surface area contributed by atoms with Gasteiger partial charge in [-0.05, 0) is 12.2 Å². The van der Waals surface area contributed by atoms with Gasteiger partial charge in [-0.15, -0.1) is 0 Å². The van der Waals surface area contributed by atoms with E-state index in [0.717, 1.165) is 17.6 Å². The molecule has 0 aromatic carbocycles. The summed E-state index contributed by atoms with van der Waals surface area (Å²) < 4.78 is 0.951. The average Bonchev–Trinajstić information content (AvgIpc) is 1.64. The molecular weight excluding hydrogens is 237 g/mol. The van der Waals surface area contributed by atoms with Gasteiger partial charge in [0.1, 0.15) is 0 Å². The Morgan fingerprint density at radius 1 is 1.10 bits per heavy atom. The Kier molecular flexibility index (Phi) is 7.58. The largest absolute Gasteiger partial charge is 1.00 e. The van der Waals surface area contributed by atoms with Gasteiger partial charge in [0.25, 0.3) is 0 Å². The Labute approximate surface area is 81.0 Å². The molecule has 0 heterocycles. The van der Waals surface area contributed by atoms with Crippen molar-refractivity contribution in [3.05, 3.63) is 25.3 Å². The molecule has 0 aromatic rings. The molecule has 0 radical (unpaired) electrons. The minimum atomic E-state index is 0. The summed E-state index contributed by atoms with van der Waals surface area (Å²) in [5, 5.41) is 0. The molecule has 0 aliphatic rings. The van der Waals surface area contributed by atoms with E-state index in [1.807, 2.05) is 12.2 Å². The third-order valence-corrected chi connectivity index (χ3v) is 1.25. The van der Waals surface area contributed by atoms with E-state index >= 15 is 0 Å². The van der Waals surface area contributed by atoms with Crippen LogP contribution in [0.4, 0.5) is 0 Å². The topological polar surface area (TPSA) is 0 Å². The van der Waals surface area contributed by atoms with E-state index in [2.05, 4.69) is 27.3 Å². The number of halogens is 1. The number of quaternary nitrogens is 1. The van der Waals surface area contributed by atoms with Crippen LogP contribution < -0.4 is 24.0 Å². The fourth-order valence-electron chi connectivity index (χ4n) is 0.774. The highest BCUT2D eigenvalue weighted by Gasteiger charge is 2.07. The van der Waals surface area contributed by atoms with E-state index in [4.69, 9.17) is 0 Å². The second kappa shape index (κ2) is 5.92. The third-order valence-electron chi connectivity index (χ3n) is 1.25. The molecular formula is C8H16IN. The second-order valence-corrected chi connectivity index (χ2v) is 2.88. The van der Waals surface area contributed by atoms with Gasteiger partial charge in [0.2, 0.25) is 0 Å². The van der Waals surface area contributed by atoms with Gasteiger partial charge in [-0.2, -0.15) is 0 Å². The van der Waals surface area contributed by atoms with Crippen LogP contribution in [-0.2, 0) is 0 Å². The molecule has 60 valence electrons. The maximum absolute atomic E-state index is 3.68. The Balaban J connectivity index is 0. The molecule has 10 heavy (non-hydrogen) atoms. The van der Waals surface area contributed by atoms with E-state index in [-0.39, 0.29) is 24.0 Å². The van der Waals surface area contributed by atoms with Crippen molar-refractivity contribution in [2.75, 3.05) is 27.2 Å². The van der Waals surface area contributed by atoms with Crippen LogP contribution in [0, 0.1) is 0 Å². The molecule has 0 aliphatic heterocycles. The summed E-state index contributed by atoms with van der Waals surface area (Å²) in [6, 6.07) is 0. The van der Waals surface area contributed by atoms with Crippen molar-refractivity contribution in [1.82, 2.24) is 0 Å². The minimum Gasteiger partial charge on any atom is -1.00 e. The molecule has 0 spiro atoms. The van der Waals surface area contributed by atoms with Crippen molar-refractivity contribution < 1.29 is 28.5 Å². The summed E-state index contributed by atoms with van der Waals surface area (Å²) in [7, 11) is 4.31. The molecule has 0 bridgehead atoms. The van der Waals surface area contributed by atoms with Gasteiger partial charge in [-0.25, -0.2) is 0 Å². The first-order valence-electron chi connectivity index (χ1n) is 3.16. The van der Waals surface area contributed by atoms with Crippen molar-refractivity contribution >= 4 is 0 Å². The number of nitrogens with zero attached hydrogens (tertiary/aromatic N) is 1. The fourth-order valence-corrected chi connectivity index (χ4v) is 0.774. The lowest BCUT2D eigenvalue weighted by atomic mass is 10.4. The number of likely N-dealkylation sites (N-methyl/N-ethyl adjacent to an activating group) is 1. The Bertz CT molecular complexity index is 95.8. The standard InChI is InChI=1S/C8H16N.HI/c1-5-7-9(3,4)8-6-2;/h5-6H,1-2,7-8H2,3-4H3;1H/q+1;/p-1. The first-order valence-corrected chi connectivity index (χ1v) is 3.16. The molecule has 0 saturated heterocycles. The van der Waals surface area contributed by atoms with Crippen LogP contribution in [0.5, 0.6) is 0 Å². The van der Waals surface area contributed by atoms with Crippen molar-refractivity contribution in [1.29, 1.82) is 0 Å². The summed E-state index contributed by atoms with van der Waals surface area (Å²) in [6.45, 7) is 9.37. The molecule has 0 aliphatic carbocycles. The summed E-state index contributed by atoms with van der Waals surface area (Å²) >= 11 is 0. The molecule has 0 atom stereocenters. The molecule has 0 rings (SSSR count). The maximum atomic E-state index is 3.68.